The van der Waals surface area contributed by atoms with Gasteiger partial charge in [0.2, 0.25) is 12.2 Å². The Morgan fingerprint density at radius 3 is 2.40 bits per heavy atom. The Kier molecular flexibility index (Phi) is 9.13. The molecular formula is C29H37NO13. The summed E-state index contributed by atoms with van der Waals surface area (Å²) in [7, 11) is 0. The van der Waals surface area contributed by atoms with Gasteiger partial charge in [0.05, 0.1) is 25.9 Å². The molecule has 0 spiro atoms. The Bertz CT molecular complexity index is 1290. The maximum Gasteiger partial charge on any atom is 0.229 e. The van der Waals surface area contributed by atoms with E-state index < -0.39 is 74.6 Å². The van der Waals surface area contributed by atoms with Crippen molar-refractivity contribution in [2.75, 3.05) is 26.4 Å². The Morgan fingerprint density at radius 2 is 1.74 bits per heavy atom. The summed E-state index contributed by atoms with van der Waals surface area (Å²) in [5.74, 6) is -0.520. The summed E-state index contributed by atoms with van der Waals surface area (Å²) in [6.45, 7) is 0.173. The van der Waals surface area contributed by atoms with Crippen LogP contribution in [-0.2, 0) is 31.8 Å². The molecule has 5 rings (SSSR count). The molecule has 43 heavy (non-hydrogen) atoms. The Hall–Kier alpha value is -3.05. The molecule has 0 saturated carbocycles. The zero-order valence-electron chi connectivity index (χ0n) is 23.4. The van der Waals surface area contributed by atoms with Gasteiger partial charge in [0.25, 0.3) is 0 Å². The molecule has 3 heterocycles. The number of ether oxygens (including phenoxy) is 4. The number of fused-ring (bicyclic) bond motifs is 1. The molecular weight excluding hydrogens is 570 g/mol. The summed E-state index contributed by atoms with van der Waals surface area (Å²) in [5, 5.41) is 82.4. The lowest BCUT2D eigenvalue weighted by atomic mass is 9.87. The predicted molar refractivity (Wildman–Crippen MR) is 145 cm³/mol. The number of aromatic hydroxyl groups is 2. The van der Waals surface area contributed by atoms with Gasteiger partial charge in [-0.25, -0.2) is 0 Å². The largest absolute Gasteiger partial charge is 0.508 e. The molecule has 2 fully saturated rings. The van der Waals surface area contributed by atoms with Gasteiger partial charge >= 0.3 is 0 Å². The average molecular weight is 608 g/mol. The minimum atomic E-state index is -1.94. The zero-order valence-corrected chi connectivity index (χ0v) is 23.4. The average Bonchev–Trinajstić information content (AvgIpc) is 3.28. The third-order valence-electron chi connectivity index (χ3n) is 8.27. The highest BCUT2D eigenvalue weighted by molar-refractivity contribution is 5.75. The summed E-state index contributed by atoms with van der Waals surface area (Å²) in [5.41, 5.74) is 0.116. The quantitative estimate of drug-likeness (QED) is 0.170. The molecule has 0 radical (unpaired) electrons. The highest BCUT2D eigenvalue weighted by atomic mass is 16.7. The fraction of sp³-hybridized carbons (Fsp3) is 0.552. The van der Waals surface area contributed by atoms with Crippen LogP contribution in [0.2, 0.25) is 0 Å². The van der Waals surface area contributed by atoms with Crippen LogP contribution in [0.3, 0.4) is 0 Å². The smallest absolute Gasteiger partial charge is 0.229 e. The van der Waals surface area contributed by atoms with Gasteiger partial charge in [-0.3, -0.25) is 4.79 Å². The van der Waals surface area contributed by atoms with E-state index in [1.165, 1.54) is 25.1 Å². The molecule has 2 aromatic carbocycles. The van der Waals surface area contributed by atoms with Crippen molar-refractivity contribution in [3.63, 3.8) is 0 Å². The lowest BCUT2D eigenvalue weighted by Crippen LogP contribution is -2.60. The van der Waals surface area contributed by atoms with Gasteiger partial charge in [0.15, 0.2) is 17.8 Å². The van der Waals surface area contributed by atoms with E-state index in [1.807, 2.05) is 0 Å². The number of amides is 1. The second kappa shape index (κ2) is 12.5. The van der Waals surface area contributed by atoms with E-state index in [9.17, 15) is 45.6 Å². The lowest BCUT2D eigenvalue weighted by molar-refractivity contribution is -0.289. The van der Waals surface area contributed by atoms with Crippen LogP contribution >= 0.6 is 0 Å². The molecule has 9 unspecified atom stereocenters. The van der Waals surface area contributed by atoms with Crippen LogP contribution < -0.4 is 4.74 Å². The zero-order chi connectivity index (χ0) is 31.1. The van der Waals surface area contributed by atoms with Crippen molar-refractivity contribution in [3.05, 3.63) is 53.1 Å². The molecule has 14 heteroatoms. The Labute approximate surface area is 246 Å². The van der Waals surface area contributed by atoms with Gasteiger partial charge in [0.1, 0.15) is 41.9 Å². The second-order valence-corrected chi connectivity index (χ2v) is 11.2. The van der Waals surface area contributed by atoms with Gasteiger partial charge in [-0.2, -0.15) is 0 Å². The number of hydrogen-bond acceptors (Lipinski definition) is 13. The third kappa shape index (κ3) is 6.16. The summed E-state index contributed by atoms with van der Waals surface area (Å²) >= 11 is 0. The monoisotopic (exact) mass is 607 g/mol. The molecule has 0 aromatic heterocycles. The first-order valence-corrected chi connectivity index (χ1v) is 13.9. The molecule has 3 aliphatic rings. The van der Waals surface area contributed by atoms with Crippen molar-refractivity contribution in [1.82, 2.24) is 4.90 Å². The van der Waals surface area contributed by atoms with Crippen LogP contribution in [0.5, 0.6) is 17.2 Å². The van der Waals surface area contributed by atoms with Crippen molar-refractivity contribution >= 4 is 5.91 Å². The van der Waals surface area contributed by atoms with Gasteiger partial charge in [-0.1, -0.05) is 18.2 Å². The summed E-state index contributed by atoms with van der Waals surface area (Å²) < 4.78 is 22.5. The predicted octanol–water partition coefficient (Wildman–Crippen LogP) is -1.57. The van der Waals surface area contributed by atoms with E-state index >= 15 is 0 Å². The number of phenolic OH excluding ortho intramolecular Hbond substituents is 2. The molecule has 0 bridgehead atoms. The van der Waals surface area contributed by atoms with Crippen molar-refractivity contribution in [2.24, 2.45) is 0 Å². The minimum absolute atomic E-state index is 0.0814. The fourth-order valence-corrected chi connectivity index (χ4v) is 5.73. The summed E-state index contributed by atoms with van der Waals surface area (Å²) in [4.78, 5) is 14.3. The van der Waals surface area contributed by atoms with E-state index in [-0.39, 0.29) is 23.2 Å². The second-order valence-electron chi connectivity index (χ2n) is 11.2. The minimum Gasteiger partial charge on any atom is -0.508 e. The van der Waals surface area contributed by atoms with Crippen LogP contribution in [0, 0.1) is 0 Å². The van der Waals surface area contributed by atoms with Crippen molar-refractivity contribution in [2.45, 2.75) is 74.5 Å². The normalized spacial score (nSPS) is 34.2. The first-order chi connectivity index (χ1) is 20.4. The highest BCUT2D eigenvalue weighted by Crippen LogP contribution is 2.44. The molecule has 9 atom stereocenters. The van der Waals surface area contributed by atoms with Gasteiger partial charge in [-0.15, -0.1) is 0 Å². The standard InChI is InChI=1S/C29H37NO13/c1-14(32)30-9-8-16-4-7-19(34)25(21(16)18(30)10-15-2-5-17(33)6-3-15)43-27-24(37)23(36)22(35)20(42-27)11-40-28-26(38)29(39,12-31)13-41-28/h2-7,18,20,22-24,26-28,31,33-39H,8-13H2,1H3. The molecule has 2 saturated heterocycles. The SMILES string of the molecule is CC(=O)N1CCc2ccc(O)c(OC3OC(COC4OCC(O)(CO)C4O)C(O)C(O)C3O)c2C1Cc1ccc(O)cc1. The number of benzene rings is 2. The van der Waals surface area contributed by atoms with Gasteiger partial charge in [0, 0.05) is 19.0 Å². The van der Waals surface area contributed by atoms with Gasteiger partial charge in [-0.05, 0) is 42.2 Å². The van der Waals surface area contributed by atoms with Crippen LogP contribution in [0.15, 0.2) is 36.4 Å². The van der Waals surface area contributed by atoms with Crippen LogP contribution in [0.4, 0.5) is 0 Å². The number of nitrogens with zero attached hydrogens (tertiary/aromatic N) is 1. The van der Waals surface area contributed by atoms with Crippen LogP contribution in [0.25, 0.3) is 0 Å². The van der Waals surface area contributed by atoms with E-state index in [4.69, 9.17) is 18.9 Å². The van der Waals surface area contributed by atoms with Crippen molar-refractivity contribution in [1.29, 1.82) is 0 Å². The van der Waals surface area contributed by atoms with E-state index in [0.29, 0.717) is 24.9 Å². The lowest BCUT2D eigenvalue weighted by Gasteiger charge is -2.42. The fourth-order valence-electron chi connectivity index (χ4n) is 5.73. The molecule has 0 aliphatic carbocycles. The maximum atomic E-state index is 12.7. The van der Waals surface area contributed by atoms with Crippen LogP contribution in [0.1, 0.15) is 29.7 Å². The number of phenols is 2. The summed E-state index contributed by atoms with van der Waals surface area (Å²) in [6.07, 6.45) is -10.3. The number of carbonyl (C=O) groups is 1. The number of rotatable bonds is 8. The Morgan fingerprint density at radius 1 is 1.02 bits per heavy atom. The topological polar surface area (TPSA) is 219 Å². The highest BCUT2D eigenvalue weighted by Gasteiger charge is 2.50. The maximum absolute atomic E-state index is 12.7. The third-order valence-corrected chi connectivity index (χ3v) is 8.27. The first-order valence-electron chi connectivity index (χ1n) is 13.9. The number of carbonyl (C=O) groups excluding carboxylic acids is 1. The van der Waals surface area contributed by atoms with E-state index in [1.54, 1.807) is 23.1 Å². The Balaban J connectivity index is 1.40. The molecule has 14 nitrogen and oxygen atoms in total. The summed E-state index contributed by atoms with van der Waals surface area (Å²) in [6, 6.07) is 9.01. The van der Waals surface area contributed by atoms with Crippen molar-refractivity contribution in [3.8, 4) is 17.2 Å². The molecule has 1 amide bonds. The number of hydrogen-bond donors (Lipinski definition) is 8. The molecule has 2 aromatic rings. The van der Waals surface area contributed by atoms with Crippen LogP contribution in [-0.4, -0.2) is 127 Å². The number of aliphatic hydroxyl groups excluding tert-OH is 5. The van der Waals surface area contributed by atoms with Crippen molar-refractivity contribution < 1.29 is 64.6 Å². The number of aliphatic hydroxyl groups is 6. The van der Waals surface area contributed by atoms with Gasteiger partial charge < -0.3 is 64.7 Å². The molecule has 8 N–H and O–H groups in total. The van der Waals surface area contributed by atoms with E-state index in [0.717, 1.165) is 11.1 Å². The van der Waals surface area contributed by atoms with E-state index in [2.05, 4.69) is 0 Å². The molecule has 236 valence electrons. The molecule has 3 aliphatic heterocycles. The first kappa shape index (κ1) is 31.4.